The number of hydrogen-bond acceptors (Lipinski definition) is 2. The second-order valence-corrected chi connectivity index (χ2v) is 6.21. The Morgan fingerprint density at radius 2 is 1.90 bits per heavy atom. The van der Waals surface area contributed by atoms with Crippen molar-refractivity contribution in [3.05, 3.63) is 34.1 Å². The number of aliphatic hydroxyl groups is 1. The second kappa shape index (κ2) is 7.53. The molecule has 0 amide bonds. The SMILES string of the molecule is CCN(CC)C(C)(CC)C(O)Cc1ccc(F)c(Br)c1. The van der Waals surface area contributed by atoms with E-state index >= 15 is 0 Å². The predicted molar refractivity (Wildman–Crippen MR) is 85.4 cm³/mol. The number of rotatable bonds is 7. The first kappa shape index (κ1) is 17.6. The monoisotopic (exact) mass is 345 g/mol. The molecule has 0 aliphatic rings. The van der Waals surface area contributed by atoms with Crippen LogP contribution in [0.15, 0.2) is 22.7 Å². The summed E-state index contributed by atoms with van der Waals surface area (Å²) >= 11 is 3.19. The summed E-state index contributed by atoms with van der Waals surface area (Å²) in [5.74, 6) is -0.273. The van der Waals surface area contributed by atoms with E-state index in [4.69, 9.17) is 0 Å². The van der Waals surface area contributed by atoms with Crippen molar-refractivity contribution < 1.29 is 9.50 Å². The summed E-state index contributed by atoms with van der Waals surface area (Å²) in [6.45, 7) is 10.2. The van der Waals surface area contributed by atoms with Gasteiger partial charge in [0.05, 0.1) is 10.6 Å². The molecule has 4 heteroatoms. The lowest BCUT2D eigenvalue weighted by molar-refractivity contribution is -0.0190. The maximum Gasteiger partial charge on any atom is 0.137 e. The number of benzene rings is 1. The Morgan fingerprint density at radius 3 is 2.35 bits per heavy atom. The lowest BCUT2D eigenvalue weighted by atomic mass is 9.85. The van der Waals surface area contributed by atoms with E-state index in [1.54, 1.807) is 12.1 Å². The first-order chi connectivity index (χ1) is 9.38. The Balaban J connectivity index is 2.91. The summed E-state index contributed by atoms with van der Waals surface area (Å²) in [6, 6.07) is 4.92. The number of likely N-dealkylation sites (N-methyl/N-ethyl adjacent to an activating group) is 1. The fourth-order valence-corrected chi connectivity index (χ4v) is 3.15. The lowest BCUT2D eigenvalue weighted by Gasteiger charge is -2.43. The Morgan fingerprint density at radius 1 is 1.30 bits per heavy atom. The van der Waals surface area contributed by atoms with Crippen LogP contribution in [-0.2, 0) is 6.42 Å². The van der Waals surface area contributed by atoms with Crippen LogP contribution in [0.4, 0.5) is 4.39 Å². The molecule has 0 aliphatic heterocycles. The molecule has 1 N–H and O–H groups in total. The average Bonchev–Trinajstić information content (AvgIpc) is 2.43. The zero-order valence-electron chi connectivity index (χ0n) is 12.8. The van der Waals surface area contributed by atoms with Gasteiger partial charge in [-0.2, -0.15) is 0 Å². The molecular weight excluding hydrogens is 321 g/mol. The third kappa shape index (κ3) is 3.80. The van der Waals surface area contributed by atoms with Crippen LogP contribution in [0.5, 0.6) is 0 Å². The van der Waals surface area contributed by atoms with Gasteiger partial charge in [-0.05, 0) is 60.1 Å². The van der Waals surface area contributed by atoms with E-state index in [-0.39, 0.29) is 11.4 Å². The van der Waals surface area contributed by atoms with Gasteiger partial charge in [-0.15, -0.1) is 0 Å². The number of aliphatic hydroxyl groups excluding tert-OH is 1. The van der Waals surface area contributed by atoms with Gasteiger partial charge in [0.15, 0.2) is 0 Å². The van der Waals surface area contributed by atoms with E-state index in [2.05, 4.69) is 48.5 Å². The maximum absolute atomic E-state index is 13.3. The van der Waals surface area contributed by atoms with Gasteiger partial charge in [0.25, 0.3) is 0 Å². The van der Waals surface area contributed by atoms with E-state index in [1.165, 1.54) is 6.07 Å². The third-order valence-electron chi connectivity index (χ3n) is 4.33. The zero-order valence-corrected chi connectivity index (χ0v) is 14.4. The molecule has 0 bridgehead atoms. The highest BCUT2D eigenvalue weighted by Gasteiger charge is 2.35. The summed E-state index contributed by atoms with van der Waals surface area (Å²) in [5.41, 5.74) is 0.683. The van der Waals surface area contributed by atoms with E-state index in [9.17, 15) is 9.50 Å². The Labute approximate surface area is 130 Å². The molecule has 1 aromatic carbocycles. The van der Waals surface area contributed by atoms with Gasteiger partial charge in [-0.1, -0.05) is 26.8 Å². The summed E-state index contributed by atoms with van der Waals surface area (Å²) in [7, 11) is 0. The van der Waals surface area contributed by atoms with Gasteiger partial charge in [-0.25, -0.2) is 4.39 Å². The van der Waals surface area contributed by atoms with E-state index < -0.39 is 6.10 Å². The number of halogens is 2. The summed E-state index contributed by atoms with van der Waals surface area (Å²) in [6.07, 6.45) is 0.919. The number of nitrogens with zero attached hydrogens (tertiary/aromatic N) is 1. The summed E-state index contributed by atoms with van der Waals surface area (Å²) in [4.78, 5) is 2.29. The van der Waals surface area contributed by atoms with Crippen molar-refractivity contribution in [1.29, 1.82) is 0 Å². The van der Waals surface area contributed by atoms with Crippen molar-refractivity contribution in [3.8, 4) is 0 Å². The number of hydrogen-bond donors (Lipinski definition) is 1. The average molecular weight is 346 g/mol. The molecule has 0 aliphatic carbocycles. The Bertz CT molecular complexity index is 436. The van der Waals surface area contributed by atoms with Crippen molar-refractivity contribution >= 4 is 15.9 Å². The minimum atomic E-state index is -0.482. The van der Waals surface area contributed by atoms with Crippen molar-refractivity contribution in [2.75, 3.05) is 13.1 Å². The highest BCUT2D eigenvalue weighted by atomic mass is 79.9. The molecule has 114 valence electrons. The molecule has 0 heterocycles. The van der Waals surface area contributed by atoms with Gasteiger partial charge >= 0.3 is 0 Å². The van der Waals surface area contributed by atoms with Crippen molar-refractivity contribution in [1.82, 2.24) is 4.90 Å². The molecule has 0 saturated carbocycles. The van der Waals surface area contributed by atoms with Crippen LogP contribution in [0.3, 0.4) is 0 Å². The van der Waals surface area contributed by atoms with Crippen LogP contribution in [-0.4, -0.2) is 34.7 Å². The van der Waals surface area contributed by atoms with E-state index in [0.717, 1.165) is 25.1 Å². The third-order valence-corrected chi connectivity index (χ3v) is 4.94. The van der Waals surface area contributed by atoms with Gasteiger partial charge in [0, 0.05) is 12.0 Å². The van der Waals surface area contributed by atoms with E-state index in [1.807, 2.05) is 0 Å². The summed E-state index contributed by atoms with van der Waals surface area (Å²) < 4.78 is 13.7. The molecule has 0 aromatic heterocycles. The summed E-state index contributed by atoms with van der Waals surface area (Å²) in [5, 5.41) is 10.7. The molecule has 20 heavy (non-hydrogen) atoms. The second-order valence-electron chi connectivity index (χ2n) is 5.35. The lowest BCUT2D eigenvalue weighted by Crippen LogP contribution is -2.54. The van der Waals surface area contributed by atoms with Gasteiger partial charge in [0.1, 0.15) is 5.82 Å². The van der Waals surface area contributed by atoms with Crippen molar-refractivity contribution in [2.24, 2.45) is 0 Å². The molecule has 0 fully saturated rings. The molecule has 2 atom stereocenters. The Kier molecular flexibility index (Phi) is 6.62. The predicted octanol–water partition coefficient (Wildman–Crippen LogP) is 4.00. The van der Waals surface area contributed by atoms with Gasteiger partial charge in [0.2, 0.25) is 0 Å². The normalized spacial score (nSPS) is 16.2. The Hall–Kier alpha value is -0.450. The highest BCUT2D eigenvalue weighted by molar-refractivity contribution is 9.10. The smallest absolute Gasteiger partial charge is 0.137 e. The van der Waals surface area contributed by atoms with Crippen LogP contribution < -0.4 is 0 Å². The first-order valence-electron chi connectivity index (χ1n) is 7.26. The molecular formula is C16H25BrFNO. The van der Waals surface area contributed by atoms with Crippen LogP contribution in [0.1, 0.15) is 39.7 Å². The standard InChI is InChI=1S/C16H25BrFNO/c1-5-16(4,19(6-2)7-3)15(20)11-12-8-9-14(18)13(17)10-12/h8-10,15,20H,5-7,11H2,1-4H3. The largest absolute Gasteiger partial charge is 0.391 e. The van der Waals surface area contributed by atoms with Crippen molar-refractivity contribution in [3.63, 3.8) is 0 Å². The minimum absolute atomic E-state index is 0.260. The maximum atomic E-state index is 13.3. The molecule has 0 saturated heterocycles. The minimum Gasteiger partial charge on any atom is -0.391 e. The van der Waals surface area contributed by atoms with Crippen LogP contribution in [0.2, 0.25) is 0 Å². The highest BCUT2D eigenvalue weighted by Crippen LogP contribution is 2.27. The van der Waals surface area contributed by atoms with Gasteiger partial charge < -0.3 is 5.11 Å². The van der Waals surface area contributed by atoms with Crippen molar-refractivity contribution in [2.45, 2.75) is 52.2 Å². The van der Waals surface area contributed by atoms with E-state index in [0.29, 0.717) is 10.9 Å². The molecule has 2 nitrogen and oxygen atoms in total. The molecule has 1 rings (SSSR count). The fraction of sp³-hybridized carbons (Fsp3) is 0.625. The molecule has 2 unspecified atom stereocenters. The quantitative estimate of drug-likeness (QED) is 0.807. The fourth-order valence-electron chi connectivity index (χ4n) is 2.73. The molecule has 0 spiro atoms. The topological polar surface area (TPSA) is 23.5 Å². The van der Waals surface area contributed by atoms with Crippen LogP contribution >= 0.6 is 15.9 Å². The van der Waals surface area contributed by atoms with Gasteiger partial charge in [-0.3, -0.25) is 4.90 Å². The molecule has 1 aromatic rings. The molecule has 0 radical (unpaired) electrons. The van der Waals surface area contributed by atoms with Crippen LogP contribution in [0.25, 0.3) is 0 Å². The first-order valence-corrected chi connectivity index (χ1v) is 8.05. The van der Waals surface area contributed by atoms with Crippen LogP contribution in [0, 0.1) is 5.82 Å². The zero-order chi connectivity index (χ0) is 15.3.